The molecule has 4 aliphatic rings. The molecule has 0 aromatic rings. The fourth-order valence-electron chi connectivity index (χ4n) is 4.49. The molecule has 0 aromatic heterocycles. The van der Waals surface area contributed by atoms with Crippen LogP contribution in [0.25, 0.3) is 0 Å². The molecule has 4 fully saturated rings. The van der Waals surface area contributed by atoms with Crippen molar-refractivity contribution in [2.75, 3.05) is 13.7 Å². The third-order valence-electron chi connectivity index (χ3n) is 4.59. The van der Waals surface area contributed by atoms with Crippen molar-refractivity contribution in [2.24, 2.45) is 23.2 Å². The maximum Gasteiger partial charge on any atom is 0.0521 e. The van der Waals surface area contributed by atoms with Crippen molar-refractivity contribution in [3.05, 3.63) is 0 Å². The Bertz CT molecular complexity index is 185. The zero-order chi connectivity index (χ0) is 8.18. The average molecular weight is 166 g/mol. The molecule has 2 unspecified atom stereocenters. The smallest absolute Gasteiger partial charge is 0.0521 e. The lowest BCUT2D eigenvalue weighted by Gasteiger charge is -2.31. The molecule has 4 bridgehead atoms. The van der Waals surface area contributed by atoms with E-state index in [1.807, 2.05) is 7.11 Å². The highest BCUT2D eigenvalue weighted by atomic mass is 16.5. The lowest BCUT2D eigenvalue weighted by molar-refractivity contribution is 0.0544. The van der Waals surface area contributed by atoms with Crippen LogP contribution in [0.15, 0.2) is 0 Å². The summed E-state index contributed by atoms with van der Waals surface area (Å²) in [5.74, 6) is 3.21. The molecule has 0 saturated heterocycles. The van der Waals surface area contributed by atoms with E-state index in [9.17, 15) is 0 Å². The lowest BCUT2D eigenvalue weighted by Crippen LogP contribution is -2.27. The molecule has 1 heteroatoms. The minimum atomic E-state index is 0.655. The average Bonchev–Trinajstić information content (AvgIpc) is 2.36. The predicted octanol–water partition coefficient (Wildman–Crippen LogP) is 2.46. The van der Waals surface area contributed by atoms with Crippen molar-refractivity contribution in [3.63, 3.8) is 0 Å². The normalized spacial score (nSPS) is 55.2. The topological polar surface area (TPSA) is 9.23 Å². The molecule has 4 rings (SSSR count). The van der Waals surface area contributed by atoms with Gasteiger partial charge in [-0.3, -0.25) is 0 Å². The first-order chi connectivity index (χ1) is 5.82. The summed E-state index contributed by atoms with van der Waals surface area (Å²) in [6.45, 7) is 1.05. The summed E-state index contributed by atoms with van der Waals surface area (Å²) in [7, 11) is 1.87. The Balaban J connectivity index is 1.88. The summed E-state index contributed by atoms with van der Waals surface area (Å²) >= 11 is 0. The van der Waals surface area contributed by atoms with Crippen LogP contribution in [0.3, 0.4) is 0 Å². The predicted molar refractivity (Wildman–Crippen MR) is 47.9 cm³/mol. The minimum Gasteiger partial charge on any atom is -0.384 e. The van der Waals surface area contributed by atoms with Gasteiger partial charge in [0.25, 0.3) is 0 Å². The van der Waals surface area contributed by atoms with Gasteiger partial charge in [0.15, 0.2) is 0 Å². The molecule has 0 amide bonds. The van der Waals surface area contributed by atoms with E-state index in [1.54, 1.807) is 6.42 Å². The van der Waals surface area contributed by atoms with Gasteiger partial charge in [-0.05, 0) is 55.3 Å². The fraction of sp³-hybridized carbons (Fsp3) is 1.00. The first-order valence-corrected chi connectivity index (χ1v) is 5.31. The third-order valence-corrected chi connectivity index (χ3v) is 4.59. The van der Waals surface area contributed by atoms with Gasteiger partial charge in [0.2, 0.25) is 0 Å². The Labute approximate surface area is 74.5 Å². The van der Waals surface area contributed by atoms with Crippen LogP contribution in [0.2, 0.25) is 0 Å². The largest absolute Gasteiger partial charge is 0.384 e. The highest BCUT2D eigenvalue weighted by Crippen LogP contribution is 2.65. The summed E-state index contributed by atoms with van der Waals surface area (Å²) in [4.78, 5) is 0. The van der Waals surface area contributed by atoms with Gasteiger partial charge in [-0.25, -0.2) is 0 Å². The number of hydrogen-bond donors (Lipinski definition) is 0. The van der Waals surface area contributed by atoms with Crippen LogP contribution in [0.1, 0.15) is 32.1 Å². The molecule has 0 spiro atoms. The van der Waals surface area contributed by atoms with Crippen molar-refractivity contribution in [1.82, 2.24) is 0 Å². The van der Waals surface area contributed by atoms with Crippen molar-refractivity contribution in [2.45, 2.75) is 32.1 Å². The number of methoxy groups -OCH3 is 1. The standard InChI is InChI=1S/C11H18O/c1-12-7-11-5-8-2-9(6-11)4-10(11)3-8/h8-10H,2-7H2,1H3. The molecule has 0 N–H and O–H groups in total. The first kappa shape index (κ1) is 7.37. The van der Waals surface area contributed by atoms with Crippen LogP contribution >= 0.6 is 0 Å². The summed E-state index contributed by atoms with van der Waals surface area (Å²) in [5, 5.41) is 0. The van der Waals surface area contributed by atoms with Crippen molar-refractivity contribution >= 4 is 0 Å². The molecule has 1 nitrogen and oxygen atoms in total. The van der Waals surface area contributed by atoms with Crippen molar-refractivity contribution < 1.29 is 4.74 Å². The van der Waals surface area contributed by atoms with Crippen molar-refractivity contribution in [1.29, 1.82) is 0 Å². The van der Waals surface area contributed by atoms with Gasteiger partial charge < -0.3 is 4.74 Å². The van der Waals surface area contributed by atoms with E-state index in [2.05, 4.69) is 0 Å². The third kappa shape index (κ3) is 0.783. The van der Waals surface area contributed by atoms with Gasteiger partial charge >= 0.3 is 0 Å². The molecule has 0 radical (unpaired) electrons. The summed E-state index contributed by atoms with van der Waals surface area (Å²) in [6.07, 6.45) is 7.58. The highest BCUT2D eigenvalue weighted by Gasteiger charge is 2.57. The number of ether oxygens (including phenoxy) is 1. The van der Waals surface area contributed by atoms with Gasteiger partial charge in [0.1, 0.15) is 0 Å². The van der Waals surface area contributed by atoms with E-state index in [4.69, 9.17) is 4.74 Å². The quantitative estimate of drug-likeness (QED) is 0.612. The lowest BCUT2D eigenvalue weighted by atomic mass is 9.76. The van der Waals surface area contributed by atoms with E-state index in [-0.39, 0.29) is 0 Å². The van der Waals surface area contributed by atoms with Crippen LogP contribution in [0.4, 0.5) is 0 Å². The fourth-order valence-corrected chi connectivity index (χ4v) is 4.49. The first-order valence-electron chi connectivity index (χ1n) is 5.31. The second-order valence-electron chi connectivity index (χ2n) is 5.34. The summed E-state index contributed by atoms with van der Waals surface area (Å²) in [6, 6.07) is 0. The number of hydrogen-bond acceptors (Lipinski definition) is 1. The Kier molecular flexibility index (Phi) is 1.39. The molecule has 4 aliphatic carbocycles. The van der Waals surface area contributed by atoms with Crippen LogP contribution in [0, 0.1) is 23.2 Å². The number of rotatable bonds is 2. The maximum absolute atomic E-state index is 5.40. The van der Waals surface area contributed by atoms with Crippen LogP contribution in [-0.4, -0.2) is 13.7 Å². The molecule has 4 saturated carbocycles. The molecule has 68 valence electrons. The second kappa shape index (κ2) is 2.25. The molecule has 0 aromatic carbocycles. The monoisotopic (exact) mass is 166 g/mol. The van der Waals surface area contributed by atoms with Gasteiger partial charge in [0.05, 0.1) is 6.61 Å². The SMILES string of the molecule is COCC12CC3CC(CC1C3)C2. The van der Waals surface area contributed by atoms with E-state index < -0.39 is 0 Å². The second-order valence-corrected chi connectivity index (χ2v) is 5.34. The van der Waals surface area contributed by atoms with Crippen LogP contribution < -0.4 is 0 Å². The van der Waals surface area contributed by atoms with Crippen molar-refractivity contribution in [3.8, 4) is 0 Å². The zero-order valence-corrected chi connectivity index (χ0v) is 7.88. The molecule has 2 atom stereocenters. The Hall–Kier alpha value is -0.0400. The molecular weight excluding hydrogens is 148 g/mol. The van der Waals surface area contributed by atoms with Crippen LogP contribution in [-0.2, 0) is 4.74 Å². The van der Waals surface area contributed by atoms with Crippen LogP contribution in [0.5, 0.6) is 0 Å². The van der Waals surface area contributed by atoms with Gasteiger partial charge in [-0.15, -0.1) is 0 Å². The van der Waals surface area contributed by atoms with E-state index in [0.717, 1.165) is 24.4 Å². The van der Waals surface area contributed by atoms with E-state index in [0.29, 0.717) is 5.41 Å². The summed E-state index contributed by atoms with van der Waals surface area (Å²) in [5.41, 5.74) is 0.655. The highest BCUT2D eigenvalue weighted by molar-refractivity contribution is 5.07. The van der Waals surface area contributed by atoms with Gasteiger partial charge in [-0.2, -0.15) is 0 Å². The van der Waals surface area contributed by atoms with Gasteiger partial charge in [0, 0.05) is 7.11 Å². The Morgan fingerprint density at radius 2 is 1.83 bits per heavy atom. The molecular formula is C11H18O. The zero-order valence-electron chi connectivity index (χ0n) is 7.88. The van der Waals surface area contributed by atoms with Gasteiger partial charge in [-0.1, -0.05) is 0 Å². The Morgan fingerprint density at radius 1 is 1.17 bits per heavy atom. The Morgan fingerprint density at radius 3 is 2.42 bits per heavy atom. The van der Waals surface area contributed by atoms with E-state index in [1.165, 1.54) is 25.7 Å². The van der Waals surface area contributed by atoms with E-state index >= 15 is 0 Å². The minimum absolute atomic E-state index is 0.655. The maximum atomic E-state index is 5.40. The molecule has 0 aliphatic heterocycles. The summed E-state index contributed by atoms with van der Waals surface area (Å²) < 4.78 is 5.40. The molecule has 0 heterocycles. The molecule has 12 heavy (non-hydrogen) atoms.